The maximum atomic E-state index is 13.9. The number of nitrogens with zero attached hydrogens (tertiary/aromatic N) is 4. The first kappa shape index (κ1) is 24.1. The number of anilines is 2. The quantitative estimate of drug-likeness (QED) is 0.475. The minimum absolute atomic E-state index is 0.0569. The van der Waals surface area contributed by atoms with Gasteiger partial charge in [0.25, 0.3) is 5.56 Å². The van der Waals surface area contributed by atoms with Crippen LogP contribution in [-0.4, -0.2) is 48.6 Å². The van der Waals surface area contributed by atoms with E-state index in [-0.39, 0.29) is 28.7 Å². The highest BCUT2D eigenvalue weighted by molar-refractivity contribution is 5.94. The monoisotopic (exact) mass is 501 g/mol. The van der Waals surface area contributed by atoms with Gasteiger partial charge < -0.3 is 15.0 Å². The molecule has 1 unspecified atom stereocenters. The highest BCUT2D eigenvalue weighted by Gasteiger charge is 2.44. The molecule has 6 rings (SSSR count). The lowest BCUT2D eigenvalue weighted by Gasteiger charge is -2.45. The number of para-hydroxylation sites is 2. The largest absolute Gasteiger partial charge is 0.478 e. The van der Waals surface area contributed by atoms with Crippen LogP contribution in [0.3, 0.4) is 0 Å². The second-order valence-corrected chi connectivity index (χ2v) is 10.9. The Hall–Kier alpha value is -3.26. The molecule has 8 nitrogen and oxygen atoms in total. The van der Waals surface area contributed by atoms with Crippen LogP contribution in [0.2, 0.25) is 0 Å². The van der Waals surface area contributed by atoms with Crippen molar-refractivity contribution in [2.24, 2.45) is 0 Å². The summed E-state index contributed by atoms with van der Waals surface area (Å²) in [6, 6.07) is 11.0. The van der Waals surface area contributed by atoms with Gasteiger partial charge >= 0.3 is 5.97 Å². The summed E-state index contributed by atoms with van der Waals surface area (Å²) in [5, 5.41) is 12.6. The number of aromatic carboxylic acids is 1. The molecule has 2 N–H and O–H groups in total. The van der Waals surface area contributed by atoms with Crippen LogP contribution >= 0.6 is 0 Å². The summed E-state index contributed by atoms with van der Waals surface area (Å²) in [6.07, 6.45) is 16.6. The second kappa shape index (κ2) is 10.2. The maximum Gasteiger partial charge on any atom is 0.337 e. The van der Waals surface area contributed by atoms with Gasteiger partial charge in [0.1, 0.15) is 0 Å². The zero-order valence-electron chi connectivity index (χ0n) is 21.2. The van der Waals surface area contributed by atoms with Crippen LogP contribution in [0, 0.1) is 0 Å². The number of aromatic nitrogens is 3. The Balaban J connectivity index is 1.34. The Labute approximate surface area is 216 Å². The molecule has 3 fully saturated rings. The van der Waals surface area contributed by atoms with E-state index in [1.807, 2.05) is 28.8 Å². The Kier molecular flexibility index (Phi) is 6.67. The number of rotatable bonds is 5. The SMILES string of the molecule is O=C(O)c1ccncc1Nc1nc2ccccc2n(C2C[C@H]3CC[C@@H](C2)N3C2CCCCCCC2)c1=O. The molecule has 2 aromatic heterocycles. The van der Waals surface area contributed by atoms with Gasteiger partial charge in [0.05, 0.1) is 28.5 Å². The van der Waals surface area contributed by atoms with Crippen LogP contribution in [0.25, 0.3) is 11.0 Å². The van der Waals surface area contributed by atoms with E-state index in [4.69, 9.17) is 0 Å². The first-order valence-corrected chi connectivity index (χ1v) is 13.8. The third-order valence-corrected chi connectivity index (χ3v) is 8.73. The van der Waals surface area contributed by atoms with E-state index in [0.717, 1.165) is 23.9 Å². The van der Waals surface area contributed by atoms with E-state index < -0.39 is 5.97 Å². The Morgan fingerprint density at radius 1 is 0.892 bits per heavy atom. The average molecular weight is 502 g/mol. The summed E-state index contributed by atoms with van der Waals surface area (Å²) in [4.78, 5) is 37.2. The van der Waals surface area contributed by atoms with Crippen molar-refractivity contribution >= 4 is 28.5 Å². The molecular weight excluding hydrogens is 466 g/mol. The molecule has 8 heteroatoms. The van der Waals surface area contributed by atoms with Gasteiger partial charge in [0.2, 0.25) is 0 Å². The summed E-state index contributed by atoms with van der Waals surface area (Å²) < 4.78 is 1.93. The second-order valence-electron chi connectivity index (χ2n) is 10.9. The van der Waals surface area contributed by atoms with Crippen LogP contribution in [-0.2, 0) is 0 Å². The molecule has 3 atom stereocenters. The predicted molar refractivity (Wildman–Crippen MR) is 144 cm³/mol. The number of carboxylic acid groups (broad SMARTS) is 1. The van der Waals surface area contributed by atoms with Crippen molar-refractivity contribution in [2.75, 3.05) is 5.32 Å². The molecule has 0 amide bonds. The van der Waals surface area contributed by atoms with E-state index in [0.29, 0.717) is 18.1 Å². The van der Waals surface area contributed by atoms with Gasteiger partial charge in [-0.2, -0.15) is 0 Å². The minimum atomic E-state index is -1.08. The zero-order chi connectivity index (χ0) is 25.4. The zero-order valence-corrected chi connectivity index (χ0v) is 21.2. The third-order valence-electron chi connectivity index (χ3n) is 8.73. The summed E-state index contributed by atoms with van der Waals surface area (Å²) in [7, 11) is 0. The fraction of sp³-hybridized carbons (Fsp3) is 0.517. The van der Waals surface area contributed by atoms with Gasteiger partial charge in [-0.05, 0) is 56.7 Å². The lowest BCUT2D eigenvalue weighted by molar-refractivity contribution is 0.0498. The molecule has 2 bridgehead atoms. The lowest BCUT2D eigenvalue weighted by atomic mass is 9.89. The van der Waals surface area contributed by atoms with E-state index in [1.165, 1.54) is 76.2 Å². The number of pyridine rings is 1. The number of hydrogen-bond donors (Lipinski definition) is 2. The first-order valence-electron chi connectivity index (χ1n) is 13.8. The number of piperidine rings is 1. The molecule has 3 aromatic rings. The lowest BCUT2D eigenvalue weighted by Crippen LogP contribution is -2.50. The van der Waals surface area contributed by atoms with Crippen molar-refractivity contribution in [1.82, 2.24) is 19.4 Å². The van der Waals surface area contributed by atoms with E-state index in [1.54, 1.807) is 0 Å². The molecule has 0 radical (unpaired) electrons. The highest BCUT2D eigenvalue weighted by Crippen LogP contribution is 2.44. The van der Waals surface area contributed by atoms with E-state index in [2.05, 4.69) is 20.2 Å². The van der Waals surface area contributed by atoms with Gasteiger partial charge in [0, 0.05) is 30.4 Å². The van der Waals surface area contributed by atoms with Gasteiger partial charge in [-0.1, -0.05) is 44.2 Å². The first-order chi connectivity index (χ1) is 18.1. The minimum Gasteiger partial charge on any atom is -0.478 e. The molecule has 1 aromatic carbocycles. The normalized spacial score (nSPS) is 25.0. The Bertz CT molecular complexity index is 1330. The summed E-state index contributed by atoms with van der Waals surface area (Å²) in [5.41, 5.74) is 1.68. The number of carboxylic acids is 1. The summed E-state index contributed by atoms with van der Waals surface area (Å²) in [6.45, 7) is 0. The van der Waals surface area contributed by atoms with Crippen LogP contribution in [0.5, 0.6) is 0 Å². The van der Waals surface area contributed by atoms with Crippen LogP contribution < -0.4 is 10.9 Å². The molecule has 2 saturated heterocycles. The number of nitrogens with one attached hydrogen (secondary N) is 1. The topological polar surface area (TPSA) is 100 Å². The molecule has 194 valence electrons. The van der Waals surface area contributed by atoms with Gasteiger partial charge in [-0.25, -0.2) is 9.78 Å². The Morgan fingerprint density at radius 2 is 1.59 bits per heavy atom. The fourth-order valence-electron chi connectivity index (χ4n) is 7.13. The van der Waals surface area contributed by atoms with Crippen molar-refractivity contribution in [3.05, 3.63) is 58.6 Å². The molecule has 1 aliphatic carbocycles. The van der Waals surface area contributed by atoms with E-state index >= 15 is 0 Å². The number of hydrogen-bond acceptors (Lipinski definition) is 6. The van der Waals surface area contributed by atoms with E-state index in [9.17, 15) is 14.7 Å². The standard InChI is InChI=1S/C29H35N5O3/c35-28-27(32-25-18-30-15-14-23(25)29(36)37)31-24-10-6-7-11-26(24)34(28)22-16-20-12-13-21(17-22)33(20)19-8-4-2-1-3-5-9-19/h6-7,10-11,14-15,18-22H,1-5,8-9,12-13,16-17H2,(H,31,32)(H,36,37)/t20-,21+,22?. The van der Waals surface area contributed by atoms with Gasteiger partial charge in [-0.15, -0.1) is 0 Å². The highest BCUT2D eigenvalue weighted by atomic mass is 16.4. The van der Waals surface area contributed by atoms with Crippen molar-refractivity contribution in [3.8, 4) is 0 Å². The van der Waals surface area contributed by atoms with Crippen molar-refractivity contribution in [2.45, 2.75) is 94.8 Å². The third kappa shape index (κ3) is 4.63. The number of fused-ring (bicyclic) bond motifs is 3. The molecule has 0 spiro atoms. The molecule has 2 aliphatic heterocycles. The average Bonchev–Trinajstić information content (AvgIpc) is 3.13. The van der Waals surface area contributed by atoms with Crippen molar-refractivity contribution in [3.63, 3.8) is 0 Å². The van der Waals surface area contributed by atoms with Crippen LogP contribution in [0.15, 0.2) is 47.5 Å². The molecule has 3 aliphatic rings. The summed E-state index contributed by atoms with van der Waals surface area (Å²) in [5.74, 6) is -0.937. The predicted octanol–water partition coefficient (Wildman–Crippen LogP) is 5.51. The van der Waals surface area contributed by atoms with Crippen LogP contribution in [0.4, 0.5) is 11.5 Å². The van der Waals surface area contributed by atoms with Crippen LogP contribution in [0.1, 0.15) is 87.0 Å². The Morgan fingerprint density at radius 3 is 2.32 bits per heavy atom. The fourth-order valence-corrected chi connectivity index (χ4v) is 7.13. The number of benzene rings is 1. The number of carbonyl (C=O) groups is 1. The maximum absolute atomic E-state index is 13.9. The van der Waals surface area contributed by atoms with Crippen molar-refractivity contribution < 1.29 is 9.90 Å². The molecule has 37 heavy (non-hydrogen) atoms. The van der Waals surface area contributed by atoms with Gasteiger partial charge in [0.15, 0.2) is 5.82 Å². The van der Waals surface area contributed by atoms with Crippen molar-refractivity contribution in [1.29, 1.82) is 0 Å². The molecule has 4 heterocycles. The smallest absolute Gasteiger partial charge is 0.337 e. The summed E-state index contributed by atoms with van der Waals surface area (Å²) >= 11 is 0. The van der Waals surface area contributed by atoms with Gasteiger partial charge in [-0.3, -0.25) is 14.7 Å². The molecule has 1 saturated carbocycles. The molecular formula is C29H35N5O3.